The van der Waals surface area contributed by atoms with Crippen LogP contribution in [-0.4, -0.2) is 55.7 Å². The Hall–Kier alpha value is -3.75. The topological polar surface area (TPSA) is 102 Å². The van der Waals surface area contributed by atoms with Crippen molar-refractivity contribution < 1.29 is 14.5 Å². The lowest BCUT2D eigenvalue weighted by Crippen LogP contribution is -2.46. The zero-order chi connectivity index (χ0) is 23.7. The number of amides is 2. The number of para-hydroxylation sites is 2. The van der Waals surface area contributed by atoms with E-state index in [1.807, 2.05) is 31.2 Å². The van der Waals surface area contributed by atoms with Crippen LogP contribution in [0.5, 0.6) is 0 Å². The molecule has 1 atom stereocenters. The molecule has 1 saturated heterocycles. The lowest BCUT2D eigenvalue weighted by atomic mass is 10.1. The highest BCUT2D eigenvalue weighted by molar-refractivity contribution is 5.98. The van der Waals surface area contributed by atoms with Gasteiger partial charge in [0.05, 0.1) is 22.5 Å². The quantitative estimate of drug-likeness (QED) is 0.423. The predicted molar refractivity (Wildman–Crippen MR) is 124 cm³/mol. The number of aryl methyl sites for hydroxylation is 2. The van der Waals surface area contributed by atoms with Crippen molar-refractivity contribution in [2.75, 3.05) is 13.6 Å². The van der Waals surface area contributed by atoms with Crippen LogP contribution in [0.2, 0.25) is 0 Å². The Labute approximate surface area is 191 Å². The molecule has 2 amide bonds. The van der Waals surface area contributed by atoms with Gasteiger partial charge in [-0.2, -0.15) is 0 Å². The first kappa shape index (κ1) is 22.4. The standard InChI is InChI=1S/C24H27N5O4/c1-4-27-20-9-6-5-8-18(20)25-22(27)15-26(3)24(31)21-10-7-13-28(21)23(30)17-11-12-19(29(32)33)16(2)14-17/h5-6,8-9,11-12,14,21H,4,7,10,13,15H2,1-3H3. The van der Waals surface area contributed by atoms with Crippen LogP contribution >= 0.6 is 0 Å². The molecule has 1 aliphatic heterocycles. The number of nitro benzene ring substituents is 1. The van der Waals surface area contributed by atoms with Crippen LogP contribution in [0.1, 0.15) is 41.5 Å². The van der Waals surface area contributed by atoms with Gasteiger partial charge in [0.1, 0.15) is 11.9 Å². The minimum atomic E-state index is -0.558. The highest BCUT2D eigenvalue weighted by Gasteiger charge is 2.36. The summed E-state index contributed by atoms with van der Waals surface area (Å²) in [5.41, 5.74) is 2.67. The molecular weight excluding hydrogens is 422 g/mol. The zero-order valence-electron chi connectivity index (χ0n) is 19.0. The first-order valence-electron chi connectivity index (χ1n) is 11.1. The summed E-state index contributed by atoms with van der Waals surface area (Å²) >= 11 is 0. The van der Waals surface area contributed by atoms with Crippen LogP contribution in [0.25, 0.3) is 11.0 Å². The number of hydrogen-bond donors (Lipinski definition) is 0. The molecule has 3 aromatic rings. The van der Waals surface area contributed by atoms with Gasteiger partial charge in [0.25, 0.3) is 11.6 Å². The van der Waals surface area contributed by atoms with E-state index in [9.17, 15) is 19.7 Å². The van der Waals surface area contributed by atoms with Crippen LogP contribution < -0.4 is 0 Å². The maximum Gasteiger partial charge on any atom is 0.272 e. The Balaban J connectivity index is 1.52. The molecular formula is C24H27N5O4. The summed E-state index contributed by atoms with van der Waals surface area (Å²) in [6.07, 6.45) is 1.32. The number of imidazole rings is 1. The summed E-state index contributed by atoms with van der Waals surface area (Å²) in [6.45, 7) is 5.21. The Morgan fingerprint density at radius 3 is 2.70 bits per heavy atom. The molecule has 172 valence electrons. The van der Waals surface area contributed by atoms with E-state index < -0.39 is 11.0 Å². The van der Waals surface area contributed by atoms with Crippen molar-refractivity contribution in [3.63, 3.8) is 0 Å². The molecule has 1 aliphatic rings. The fourth-order valence-corrected chi connectivity index (χ4v) is 4.57. The van der Waals surface area contributed by atoms with Crippen molar-refractivity contribution in [3.05, 3.63) is 69.5 Å². The predicted octanol–water partition coefficient (Wildman–Crippen LogP) is 3.54. The number of likely N-dealkylation sites (N-methyl/N-ethyl adjacent to an activating group) is 1. The third-order valence-corrected chi connectivity index (χ3v) is 6.24. The number of carbonyl (C=O) groups is 2. The molecule has 0 aliphatic carbocycles. The van der Waals surface area contributed by atoms with Crippen molar-refractivity contribution in [2.24, 2.45) is 0 Å². The van der Waals surface area contributed by atoms with Crippen molar-refractivity contribution in [1.29, 1.82) is 0 Å². The maximum atomic E-state index is 13.3. The van der Waals surface area contributed by atoms with Crippen molar-refractivity contribution in [2.45, 2.75) is 45.8 Å². The SMILES string of the molecule is CCn1c(CN(C)C(=O)C2CCCN2C(=O)c2ccc([N+](=O)[O-])c(C)c2)nc2ccccc21. The molecule has 1 aromatic heterocycles. The highest BCUT2D eigenvalue weighted by atomic mass is 16.6. The van der Waals surface area contributed by atoms with Gasteiger partial charge in [0.15, 0.2) is 0 Å². The summed E-state index contributed by atoms with van der Waals surface area (Å²) in [6, 6.07) is 11.6. The van der Waals surface area contributed by atoms with E-state index >= 15 is 0 Å². The average molecular weight is 450 g/mol. The van der Waals surface area contributed by atoms with Gasteiger partial charge in [-0.3, -0.25) is 19.7 Å². The molecule has 33 heavy (non-hydrogen) atoms. The van der Waals surface area contributed by atoms with Crippen molar-refractivity contribution >= 4 is 28.5 Å². The number of hydrogen-bond acceptors (Lipinski definition) is 5. The molecule has 4 rings (SSSR count). The molecule has 2 heterocycles. The fourth-order valence-electron chi connectivity index (χ4n) is 4.57. The number of benzene rings is 2. The van der Waals surface area contributed by atoms with Gasteiger partial charge < -0.3 is 14.4 Å². The lowest BCUT2D eigenvalue weighted by molar-refractivity contribution is -0.385. The zero-order valence-corrected chi connectivity index (χ0v) is 19.0. The van der Waals surface area contributed by atoms with Crippen molar-refractivity contribution in [3.8, 4) is 0 Å². The summed E-state index contributed by atoms with van der Waals surface area (Å²) < 4.78 is 2.09. The summed E-state index contributed by atoms with van der Waals surface area (Å²) in [5, 5.41) is 11.1. The van der Waals surface area contributed by atoms with E-state index in [0.29, 0.717) is 30.6 Å². The number of aromatic nitrogens is 2. The number of nitro groups is 1. The molecule has 0 bridgehead atoms. The number of fused-ring (bicyclic) bond motifs is 1. The minimum absolute atomic E-state index is 0.0286. The second-order valence-electron chi connectivity index (χ2n) is 8.37. The molecule has 1 unspecified atom stereocenters. The molecule has 0 N–H and O–H groups in total. The molecule has 0 radical (unpaired) electrons. The van der Waals surface area contributed by atoms with E-state index in [0.717, 1.165) is 29.8 Å². The van der Waals surface area contributed by atoms with E-state index in [4.69, 9.17) is 4.98 Å². The third-order valence-electron chi connectivity index (χ3n) is 6.24. The molecule has 2 aromatic carbocycles. The summed E-state index contributed by atoms with van der Waals surface area (Å²) in [5.74, 6) is 0.392. The van der Waals surface area contributed by atoms with Crippen molar-refractivity contribution in [1.82, 2.24) is 19.4 Å². The number of rotatable bonds is 6. The monoisotopic (exact) mass is 449 g/mol. The Morgan fingerprint density at radius 1 is 1.24 bits per heavy atom. The number of likely N-dealkylation sites (tertiary alicyclic amines) is 1. The number of nitrogens with zero attached hydrogens (tertiary/aromatic N) is 5. The summed E-state index contributed by atoms with van der Waals surface area (Å²) in [4.78, 5) is 45.0. The van der Waals surface area contributed by atoms with Crippen LogP contribution in [-0.2, 0) is 17.9 Å². The van der Waals surface area contributed by atoms with Gasteiger partial charge in [-0.05, 0) is 51.0 Å². The second kappa shape index (κ2) is 9.01. The Kier molecular flexibility index (Phi) is 6.13. The molecule has 0 spiro atoms. The van der Waals surface area contributed by atoms with Gasteiger partial charge in [-0.25, -0.2) is 4.98 Å². The number of carbonyl (C=O) groups excluding carboxylic acids is 2. The fraction of sp³-hybridized carbons (Fsp3) is 0.375. The van der Waals surface area contributed by atoms with Gasteiger partial charge in [0.2, 0.25) is 5.91 Å². The lowest BCUT2D eigenvalue weighted by Gasteiger charge is -2.28. The van der Waals surface area contributed by atoms with Crippen LogP contribution in [0, 0.1) is 17.0 Å². The smallest absolute Gasteiger partial charge is 0.272 e. The van der Waals surface area contributed by atoms with E-state index in [2.05, 4.69) is 4.57 Å². The minimum Gasteiger partial charge on any atom is -0.336 e. The Bertz CT molecular complexity index is 1230. The molecule has 0 saturated carbocycles. The van der Waals surface area contributed by atoms with E-state index in [1.54, 1.807) is 23.8 Å². The highest BCUT2D eigenvalue weighted by Crippen LogP contribution is 2.25. The van der Waals surface area contributed by atoms with Crippen LogP contribution in [0.3, 0.4) is 0 Å². The van der Waals surface area contributed by atoms with Gasteiger partial charge in [0, 0.05) is 37.3 Å². The van der Waals surface area contributed by atoms with Gasteiger partial charge >= 0.3 is 0 Å². The Morgan fingerprint density at radius 2 is 2.00 bits per heavy atom. The first-order chi connectivity index (χ1) is 15.8. The van der Waals surface area contributed by atoms with Gasteiger partial charge in [-0.15, -0.1) is 0 Å². The first-order valence-corrected chi connectivity index (χ1v) is 11.1. The molecule has 9 nitrogen and oxygen atoms in total. The molecule has 9 heteroatoms. The van der Waals surface area contributed by atoms with E-state index in [-0.39, 0.29) is 17.5 Å². The maximum absolute atomic E-state index is 13.3. The normalized spacial score (nSPS) is 15.7. The van der Waals surface area contributed by atoms with Crippen LogP contribution in [0.4, 0.5) is 5.69 Å². The third kappa shape index (κ3) is 4.18. The average Bonchev–Trinajstić information content (AvgIpc) is 3.42. The largest absolute Gasteiger partial charge is 0.336 e. The second-order valence-corrected chi connectivity index (χ2v) is 8.37. The van der Waals surface area contributed by atoms with Crippen LogP contribution in [0.15, 0.2) is 42.5 Å². The van der Waals surface area contributed by atoms with E-state index in [1.165, 1.54) is 18.2 Å². The molecule has 1 fully saturated rings. The summed E-state index contributed by atoms with van der Waals surface area (Å²) in [7, 11) is 1.73. The van der Waals surface area contributed by atoms with Gasteiger partial charge in [-0.1, -0.05) is 12.1 Å².